The van der Waals surface area contributed by atoms with Gasteiger partial charge in [0.05, 0.1) is 10.4 Å². The largest absolute Gasteiger partial charge is 0.417 e. The molecule has 0 spiro atoms. The Morgan fingerprint density at radius 3 is 3.00 bits per heavy atom. The van der Waals surface area contributed by atoms with Crippen molar-refractivity contribution in [3.63, 3.8) is 0 Å². The molecule has 1 unspecified atom stereocenters. The molecule has 1 saturated heterocycles. The monoisotopic (exact) mass is 312 g/mol. The van der Waals surface area contributed by atoms with Gasteiger partial charge in [-0.1, -0.05) is 0 Å². The van der Waals surface area contributed by atoms with Gasteiger partial charge >= 0.3 is 5.76 Å². The molecule has 0 amide bonds. The van der Waals surface area contributed by atoms with Crippen molar-refractivity contribution in [2.45, 2.75) is 17.7 Å². The Kier molecular flexibility index (Phi) is 3.60. The number of aliphatic hydroxyl groups is 1. The number of nitrogens with zero attached hydrogens (tertiary/aromatic N) is 1. The molecule has 1 atom stereocenters. The fraction of sp³-hybridized carbons (Fsp3) is 0.462. The number of hydrogen-bond donors (Lipinski definition) is 2. The fourth-order valence-electron chi connectivity index (χ4n) is 2.63. The third-order valence-corrected chi connectivity index (χ3v) is 5.63. The summed E-state index contributed by atoms with van der Waals surface area (Å²) < 4.78 is 31.5. The SMILES string of the molecule is O=c1[nH]c2ccc(S(=O)(=O)N3CCCC(CO)C3)cc2o1. The van der Waals surface area contributed by atoms with Gasteiger partial charge < -0.3 is 9.52 Å². The minimum Gasteiger partial charge on any atom is -0.408 e. The van der Waals surface area contributed by atoms with Gasteiger partial charge in [0.15, 0.2) is 5.58 Å². The first-order valence-electron chi connectivity index (χ1n) is 6.74. The smallest absolute Gasteiger partial charge is 0.408 e. The summed E-state index contributed by atoms with van der Waals surface area (Å²) in [4.78, 5) is 13.7. The zero-order valence-corrected chi connectivity index (χ0v) is 12.1. The molecule has 0 saturated carbocycles. The van der Waals surface area contributed by atoms with Crippen molar-refractivity contribution in [1.29, 1.82) is 0 Å². The molecular formula is C13H16N2O5S. The zero-order valence-electron chi connectivity index (χ0n) is 11.3. The Labute approximate surface area is 121 Å². The molecule has 2 N–H and O–H groups in total. The van der Waals surface area contributed by atoms with Crippen LogP contribution in [0.15, 0.2) is 32.3 Å². The molecule has 114 valence electrons. The molecule has 2 aromatic rings. The molecule has 1 aliphatic heterocycles. The van der Waals surface area contributed by atoms with E-state index >= 15 is 0 Å². The predicted octanol–water partition coefficient (Wildman–Crippen LogP) is 0.514. The van der Waals surface area contributed by atoms with Crippen LogP contribution in [0.3, 0.4) is 0 Å². The maximum Gasteiger partial charge on any atom is 0.417 e. The maximum atomic E-state index is 12.6. The molecule has 1 aliphatic rings. The first kappa shape index (κ1) is 14.3. The molecule has 2 heterocycles. The van der Waals surface area contributed by atoms with Gasteiger partial charge in [0, 0.05) is 25.8 Å². The number of benzene rings is 1. The molecule has 0 aliphatic carbocycles. The first-order valence-corrected chi connectivity index (χ1v) is 8.18. The highest BCUT2D eigenvalue weighted by molar-refractivity contribution is 7.89. The molecule has 21 heavy (non-hydrogen) atoms. The van der Waals surface area contributed by atoms with Gasteiger partial charge in [-0.25, -0.2) is 13.2 Å². The van der Waals surface area contributed by atoms with E-state index in [2.05, 4.69) is 4.98 Å². The van der Waals surface area contributed by atoms with E-state index in [1.165, 1.54) is 22.5 Å². The number of aliphatic hydroxyl groups excluding tert-OH is 1. The normalized spacial score (nSPS) is 20.9. The van der Waals surface area contributed by atoms with Crippen molar-refractivity contribution in [2.75, 3.05) is 19.7 Å². The van der Waals surface area contributed by atoms with E-state index in [-0.39, 0.29) is 23.0 Å². The molecule has 1 aromatic heterocycles. The third kappa shape index (κ3) is 2.61. The van der Waals surface area contributed by atoms with Crippen LogP contribution in [-0.4, -0.2) is 42.5 Å². The number of H-pyrrole nitrogens is 1. The number of sulfonamides is 1. The highest BCUT2D eigenvalue weighted by Gasteiger charge is 2.30. The van der Waals surface area contributed by atoms with E-state index in [1.54, 1.807) is 0 Å². The summed E-state index contributed by atoms with van der Waals surface area (Å²) in [7, 11) is -3.64. The Morgan fingerprint density at radius 1 is 1.43 bits per heavy atom. The van der Waals surface area contributed by atoms with Crippen LogP contribution in [0.2, 0.25) is 0 Å². The topological polar surface area (TPSA) is 104 Å². The van der Waals surface area contributed by atoms with E-state index in [0.29, 0.717) is 18.6 Å². The Morgan fingerprint density at radius 2 is 2.24 bits per heavy atom. The van der Waals surface area contributed by atoms with Crippen LogP contribution < -0.4 is 5.76 Å². The lowest BCUT2D eigenvalue weighted by molar-refractivity contribution is 0.165. The number of fused-ring (bicyclic) bond motifs is 1. The quantitative estimate of drug-likeness (QED) is 0.859. The van der Waals surface area contributed by atoms with Crippen molar-refractivity contribution in [1.82, 2.24) is 9.29 Å². The third-order valence-electron chi connectivity index (χ3n) is 3.77. The van der Waals surface area contributed by atoms with Crippen molar-refractivity contribution in [2.24, 2.45) is 5.92 Å². The number of hydrogen-bond acceptors (Lipinski definition) is 5. The van der Waals surface area contributed by atoms with E-state index in [9.17, 15) is 18.3 Å². The van der Waals surface area contributed by atoms with Crippen molar-refractivity contribution < 1.29 is 17.9 Å². The molecule has 0 radical (unpaired) electrons. The molecule has 8 heteroatoms. The van der Waals surface area contributed by atoms with Gasteiger partial charge in [-0.05, 0) is 30.9 Å². The molecular weight excluding hydrogens is 296 g/mol. The van der Waals surface area contributed by atoms with Crippen LogP contribution >= 0.6 is 0 Å². The second-order valence-electron chi connectivity index (χ2n) is 5.23. The highest BCUT2D eigenvalue weighted by atomic mass is 32.2. The second-order valence-corrected chi connectivity index (χ2v) is 7.16. The summed E-state index contributed by atoms with van der Waals surface area (Å²) in [5.74, 6) is -0.639. The average molecular weight is 312 g/mol. The number of nitrogens with one attached hydrogen (secondary N) is 1. The molecule has 1 aromatic carbocycles. The Balaban J connectivity index is 1.97. The van der Waals surface area contributed by atoms with E-state index in [4.69, 9.17) is 4.42 Å². The number of aromatic nitrogens is 1. The maximum absolute atomic E-state index is 12.6. The summed E-state index contributed by atoms with van der Waals surface area (Å²) in [5.41, 5.74) is 0.683. The molecule has 7 nitrogen and oxygen atoms in total. The fourth-order valence-corrected chi connectivity index (χ4v) is 4.20. The zero-order chi connectivity index (χ0) is 15.0. The summed E-state index contributed by atoms with van der Waals surface area (Å²) in [6, 6.07) is 4.32. The molecule has 1 fully saturated rings. The number of rotatable bonds is 3. The first-order chi connectivity index (χ1) is 10.0. The lowest BCUT2D eigenvalue weighted by Crippen LogP contribution is -2.40. The van der Waals surface area contributed by atoms with Crippen molar-refractivity contribution >= 4 is 21.1 Å². The predicted molar refractivity (Wildman–Crippen MR) is 75.4 cm³/mol. The lowest BCUT2D eigenvalue weighted by atomic mass is 10.0. The second kappa shape index (κ2) is 5.28. The van der Waals surface area contributed by atoms with Crippen LogP contribution in [0, 0.1) is 5.92 Å². The van der Waals surface area contributed by atoms with Gasteiger partial charge in [-0.2, -0.15) is 4.31 Å². The minimum absolute atomic E-state index is 0.0161. The number of oxazole rings is 1. The Bertz CT molecular complexity index is 807. The van der Waals surface area contributed by atoms with Gasteiger partial charge in [-0.15, -0.1) is 0 Å². The summed E-state index contributed by atoms with van der Waals surface area (Å²) in [6.45, 7) is 0.736. The molecule has 0 bridgehead atoms. The van der Waals surface area contributed by atoms with Crippen LogP contribution in [0.5, 0.6) is 0 Å². The number of piperidine rings is 1. The van der Waals surface area contributed by atoms with Crippen LogP contribution in [-0.2, 0) is 10.0 Å². The van der Waals surface area contributed by atoms with E-state index in [1.807, 2.05) is 0 Å². The van der Waals surface area contributed by atoms with Crippen LogP contribution in [0.25, 0.3) is 11.1 Å². The van der Waals surface area contributed by atoms with E-state index < -0.39 is 15.8 Å². The van der Waals surface area contributed by atoms with Crippen LogP contribution in [0.1, 0.15) is 12.8 Å². The number of aromatic amines is 1. The Hall–Kier alpha value is -1.64. The van der Waals surface area contributed by atoms with Crippen molar-refractivity contribution in [3.05, 3.63) is 28.7 Å². The van der Waals surface area contributed by atoms with Crippen molar-refractivity contribution in [3.8, 4) is 0 Å². The average Bonchev–Trinajstić information content (AvgIpc) is 2.86. The minimum atomic E-state index is -3.64. The van der Waals surface area contributed by atoms with E-state index in [0.717, 1.165) is 12.8 Å². The summed E-state index contributed by atoms with van der Waals surface area (Å²) >= 11 is 0. The van der Waals surface area contributed by atoms with Crippen LogP contribution in [0.4, 0.5) is 0 Å². The molecule has 3 rings (SSSR count). The van der Waals surface area contributed by atoms with Gasteiger partial charge in [0.2, 0.25) is 10.0 Å². The standard InChI is InChI=1S/C13H16N2O5S/c16-8-9-2-1-5-15(7-9)21(18,19)10-3-4-11-12(6-10)20-13(17)14-11/h3-4,6,9,16H,1-2,5,7-8H2,(H,14,17). The summed E-state index contributed by atoms with van der Waals surface area (Å²) in [5, 5.41) is 9.21. The van der Waals surface area contributed by atoms with Gasteiger partial charge in [-0.3, -0.25) is 4.98 Å². The lowest BCUT2D eigenvalue weighted by Gasteiger charge is -2.30. The highest BCUT2D eigenvalue weighted by Crippen LogP contribution is 2.25. The summed E-state index contributed by atoms with van der Waals surface area (Å²) in [6.07, 6.45) is 1.56. The van der Waals surface area contributed by atoms with Gasteiger partial charge in [0.25, 0.3) is 0 Å². The van der Waals surface area contributed by atoms with Gasteiger partial charge in [0.1, 0.15) is 0 Å².